The van der Waals surface area contributed by atoms with Crippen LogP contribution in [0.15, 0.2) is 17.4 Å². The van der Waals surface area contributed by atoms with Gasteiger partial charge in [-0.1, -0.05) is 19.8 Å². The summed E-state index contributed by atoms with van der Waals surface area (Å²) in [6, 6.07) is 0.0757. The van der Waals surface area contributed by atoms with E-state index in [1.165, 1.54) is 19.2 Å². The van der Waals surface area contributed by atoms with Crippen molar-refractivity contribution in [1.29, 1.82) is 0 Å². The molecule has 0 spiro atoms. The number of nitrogens with one attached hydrogen (secondary N) is 1. The van der Waals surface area contributed by atoms with Gasteiger partial charge in [0, 0.05) is 12.5 Å². The van der Waals surface area contributed by atoms with E-state index in [2.05, 4.69) is 22.3 Å². The second kappa shape index (κ2) is 6.47. The summed E-state index contributed by atoms with van der Waals surface area (Å²) in [5, 5.41) is 7.66. The van der Waals surface area contributed by atoms with Crippen molar-refractivity contribution in [3.8, 4) is 11.5 Å². The number of hydrogen-bond acceptors (Lipinski definition) is 6. The lowest BCUT2D eigenvalue weighted by molar-refractivity contribution is 0.495. The smallest absolute Gasteiger partial charge is 0.331 e. The molecule has 142 valence electrons. The van der Waals surface area contributed by atoms with E-state index in [1.54, 1.807) is 15.6 Å². The highest BCUT2D eigenvalue weighted by molar-refractivity contribution is 5.69. The molecule has 1 aliphatic carbocycles. The number of hydrogen-bond donors (Lipinski definition) is 1. The van der Waals surface area contributed by atoms with Gasteiger partial charge in [0.15, 0.2) is 5.82 Å². The summed E-state index contributed by atoms with van der Waals surface area (Å²) >= 11 is 0. The van der Waals surface area contributed by atoms with Crippen LogP contribution in [0.3, 0.4) is 0 Å². The van der Waals surface area contributed by atoms with Crippen LogP contribution in [0.5, 0.6) is 0 Å². The van der Waals surface area contributed by atoms with Gasteiger partial charge in [0.1, 0.15) is 30.0 Å². The Kier molecular flexibility index (Phi) is 3.95. The minimum atomic E-state index is -0.00851. The van der Waals surface area contributed by atoms with Crippen LogP contribution < -0.4 is 11.0 Å². The fourth-order valence-electron chi connectivity index (χ4n) is 4.38. The van der Waals surface area contributed by atoms with E-state index in [0.29, 0.717) is 25.6 Å². The van der Waals surface area contributed by atoms with Crippen molar-refractivity contribution in [2.24, 2.45) is 0 Å². The van der Waals surface area contributed by atoms with E-state index in [9.17, 15) is 4.79 Å². The van der Waals surface area contributed by atoms with Gasteiger partial charge in [-0.25, -0.2) is 19.7 Å². The van der Waals surface area contributed by atoms with Crippen molar-refractivity contribution in [2.45, 2.75) is 70.6 Å². The lowest BCUT2D eigenvalue weighted by atomic mass is 10.1. The van der Waals surface area contributed by atoms with Gasteiger partial charge in [-0.2, -0.15) is 5.10 Å². The van der Waals surface area contributed by atoms with Gasteiger partial charge in [0.25, 0.3) is 0 Å². The molecule has 0 bridgehead atoms. The number of rotatable bonds is 5. The summed E-state index contributed by atoms with van der Waals surface area (Å²) < 4.78 is 5.39. The SMILES string of the molecule is CCCn1c2nc(C3CCCC3)nc-2c2n(c1=O)CC(Cn1cncn1)N2. The molecule has 27 heavy (non-hydrogen) atoms. The highest BCUT2D eigenvalue weighted by Crippen LogP contribution is 2.37. The third kappa shape index (κ3) is 2.72. The predicted octanol–water partition coefficient (Wildman–Crippen LogP) is 1.70. The highest BCUT2D eigenvalue weighted by atomic mass is 16.1. The fraction of sp³-hybridized carbons (Fsp3) is 0.611. The molecule has 1 aromatic rings. The Labute approximate surface area is 156 Å². The number of aromatic nitrogens is 7. The van der Waals surface area contributed by atoms with Crippen LogP contribution >= 0.6 is 0 Å². The lowest BCUT2D eigenvalue weighted by Gasteiger charge is -2.13. The molecule has 0 aromatic carbocycles. The van der Waals surface area contributed by atoms with Crippen LogP contribution in [0.4, 0.5) is 5.82 Å². The molecule has 1 aromatic heterocycles. The molecular weight excluding hydrogens is 344 g/mol. The third-order valence-electron chi connectivity index (χ3n) is 5.66. The molecule has 9 nitrogen and oxygen atoms in total. The van der Waals surface area contributed by atoms with Crippen LogP contribution in [-0.4, -0.2) is 39.9 Å². The molecule has 1 unspecified atom stereocenters. The van der Waals surface area contributed by atoms with Gasteiger partial charge in [-0.05, 0) is 19.3 Å². The van der Waals surface area contributed by atoms with Gasteiger partial charge in [0.2, 0.25) is 0 Å². The average molecular weight is 368 g/mol. The quantitative estimate of drug-likeness (QED) is 0.736. The summed E-state index contributed by atoms with van der Waals surface area (Å²) in [7, 11) is 0. The second-order valence-electron chi connectivity index (χ2n) is 7.59. The van der Waals surface area contributed by atoms with Gasteiger partial charge in [0.05, 0.1) is 19.1 Å². The van der Waals surface area contributed by atoms with Crippen molar-refractivity contribution >= 4 is 5.82 Å². The first-order chi connectivity index (χ1) is 13.2. The zero-order valence-corrected chi connectivity index (χ0v) is 15.5. The third-order valence-corrected chi connectivity index (χ3v) is 5.66. The molecule has 4 heterocycles. The van der Waals surface area contributed by atoms with Crippen molar-refractivity contribution in [3.05, 3.63) is 29.0 Å². The topological polar surface area (TPSA) is 95.5 Å². The summed E-state index contributed by atoms with van der Waals surface area (Å²) in [6.07, 6.45) is 8.87. The fourth-order valence-corrected chi connectivity index (χ4v) is 4.38. The van der Waals surface area contributed by atoms with Crippen LogP contribution in [0, 0.1) is 0 Å². The maximum atomic E-state index is 13.1. The van der Waals surface area contributed by atoms with E-state index in [4.69, 9.17) is 9.97 Å². The first kappa shape index (κ1) is 16.5. The number of anilines is 1. The zero-order chi connectivity index (χ0) is 18.4. The largest absolute Gasteiger partial charge is 0.363 e. The zero-order valence-electron chi connectivity index (χ0n) is 15.5. The Hall–Kier alpha value is -2.71. The van der Waals surface area contributed by atoms with Crippen LogP contribution in [-0.2, 0) is 19.6 Å². The maximum Gasteiger partial charge on any atom is 0.331 e. The molecule has 0 saturated heterocycles. The van der Waals surface area contributed by atoms with Gasteiger partial charge < -0.3 is 5.32 Å². The summed E-state index contributed by atoms with van der Waals surface area (Å²) in [5.74, 6) is 2.85. The highest BCUT2D eigenvalue weighted by Gasteiger charge is 2.33. The Morgan fingerprint density at radius 3 is 2.85 bits per heavy atom. The van der Waals surface area contributed by atoms with E-state index in [-0.39, 0.29) is 11.7 Å². The normalized spacial score (nSPS) is 19.7. The van der Waals surface area contributed by atoms with Gasteiger partial charge in [-0.3, -0.25) is 13.8 Å². The Balaban J connectivity index is 1.57. The average Bonchev–Trinajstić information content (AvgIpc) is 3.44. The van der Waals surface area contributed by atoms with Crippen molar-refractivity contribution < 1.29 is 0 Å². The molecule has 4 aliphatic rings. The van der Waals surface area contributed by atoms with Gasteiger partial charge in [-0.15, -0.1) is 0 Å². The predicted molar refractivity (Wildman–Crippen MR) is 99.8 cm³/mol. The van der Waals surface area contributed by atoms with E-state index < -0.39 is 0 Å². The van der Waals surface area contributed by atoms with E-state index in [0.717, 1.165) is 42.4 Å². The van der Waals surface area contributed by atoms with Crippen molar-refractivity contribution in [1.82, 2.24) is 33.9 Å². The van der Waals surface area contributed by atoms with Crippen LogP contribution in [0.2, 0.25) is 0 Å². The second-order valence-corrected chi connectivity index (χ2v) is 7.59. The Morgan fingerprint density at radius 2 is 2.11 bits per heavy atom. The molecule has 9 heteroatoms. The monoisotopic (exact) mass is 368 g/mol. The molecular formula is C18H24N8O. The lowest BCUT2D eigenvalue weighted by Crippen LogP contribution is -2.32. The first-order valence-corrected chi connectivity index (χ1v) is 9.84. The molecule has 3 aliphatic heterocycles. The molecule has 0 radical (unpaired) electrons. The van der Waals surface area contributed by atoms with Crippen LogP contribution in [0.1, 0.15) is 50.8 Å². The minimum absolute atomic E-state index is 0.00851. The summed E-state index contributed by atoms with van der Waals surface area (Å²) in [6.45, 7) is 3.99. The Morgan fingerprint density at radius 1 is 1.26 bits per heavy atom. The number of fused-ring (bicyclic) bond motifs is 3. The Bertz CT molecular complexity index is 966. The molecule has 1 N–H and O–H groups in total. The molecule has 1 fully saturated rings. The summed E-state index contributed by atoms with van der Waals surface area (Å²) in [5.41, 5.74) is 0.817. The minimum Gasteiger partial charge on any atom is -0.363 e. The van der Waals surface area contributed by atoms with Gasteiger partial charge >= 0.3 is 5.69 Å². The van der Waals surface area contributed by atoms with E-state index in [1.807, 2.05) is 4.57 Å². The molecule has 0 amide bonds. The molecule has 1 atom stereocenters. The van der Waals surface area contributed by atoms with E-state index >= 15 is 0 Å². The van der Waals surface area contributed by atoms with Crippen LogP contribution in [0.25, 0.3) is 11.5 Å². The standard InChI is InChI=1S/C18H24N8O/c1-2-7-25-17-14(22-15(23-17)12-5-3-4-6-12)16-21-13(9-26(16)18(25)27)8-24-11-19-10-20-24/h10-13,21H,2-9H2,1H3. The molecule has 5 rings (SSSR count). The summed E-state index contributed by atoms with van der Waals surface area (Å²) in [4.78, 5) is 26.8. The first-order valence-electron chi connectivity index (χ1n) is 9.84. The van der Waals surface area contributed by atoms with Crippen molar-refractivity contribution in [2.75, 3.05) is 5.32 Å². The molecule has 1 saturated carbocycles. The maximum absolute atomic E-state index is 13.1. The van der Waals surface area contributed by atoms with Crippen molar-refractivity contribution in [3.63, 3.8) is 0 Å². The number of nitrogens with zero attached hydrogens (tertiary/aromatic N) is 7. The number of imidazole rings is 1.